The molecule has 6 heteroatoms. The van der Waals surface area contributed by atoms with Crippen LogP contribution >= 0.6 is 15.9 Å². The summed E-state index contributed by atoms with van der Waals surface area (Å²) in [4.78, 5) is 13.2. The summed E-state index contributed by atoms with van der Waals surface area (Å²) in [5, 5.41) is 3.09. The predicted molar refractivity (Wildman–Crippen MR) is 107 cm³/mol. The molecule has 1 aliphatic carbocycles. The van der Waals surface area contributed by atoms with Crippen molar-refractivity contribution in [1.82, 2.24) is 5.32 Å². The highest BCUT2D eigenvalue weighted by molar-refractivity contribution is 9.10. The van der Waals surface area contributed by atoms with Crippen molar-refractivity contribution < 1.29 is 13.4 Å². The highest BCUT2D eigenvalue weighted by atomic mass is 79.9. The second kappa shape index (κ2) is 9.51. The molecule has 1 aliphatic rings. The van der Waals surface area contributed by atoms with Crippen molar-refractivity contribution in [2.75, 3.05) is 0 Å². The van der Waals surface area contributed by atoms with Gasteiger partial charge in [0.2, 0.25) is 0 Å². The van der Waals surface area contributed by atoms with Crippen LogP contribution in [0.25, 0.3) is 0 Å². The molecule has 1 amide bonds. The highest BCUT2D eigenvalue weighted by Gasteiger charge is 2.18. The lowest BCUT2D eigenvalue weighted by Gasteiger charge is -2.20. The lowest BCUT2D eigenvalue weighted by atomic mass is 9.97. The Morgan fingerprint density at radius 3 is 2.38 bits per heavy atom. The molecule has 4 nitrogen and oxygen atoms in total. The zero-order valence-corrected chi connectivity index (χ0v) is 17.1. The van der Waals surface area contributed by atoms with Gasteiger partial charge in [-0.05, 0) is 49.2 Å². The van der Waals surface area contributed by atoms with Gasteiger partial charge in [-0.15, -0.1) is 0 Å². The van der Waals surface area contributed by atoms with Gasteiger partial charge in [-0.3, -0.25) is 9.00 Å². The fraction of sp³-hybridized carbons (Fsp3) is 0.450. The molecule has 1 heterocycles. The molecule has 3 rings (SSSR count). The van der Waals surface area contributed by atoms with Crippen molar-refractivity contribution in [3.63, 3.8) is 0 Å². The number of nitrogens with one attached hydrogen (secondary N) is 1. The van der Waals surface area contributed by atoms with Crippen LogP contribution < -0.4 is 5.32 Å². The predicted octanol–water partition coefficient (Wildman–Crippen LogP) is 5.19. The van der Waals surface area contributed by atoms with Gasteiger partial charge in [-0.1, -0.05) is 48.0 Å². The van der Waals surface area contributed by atoms with Crippen molar-refractivity contribution in [3.05, 3.63) is 52.4 Å². The molecule has 0 radical (unpaired) electrons. The van der Waals surface area contributed by atoms with Gasteiger partial charge in [0, 0.05) is 15.4 Å². The van der Waals surface area contributed by atoms with Crippen LogP contribution in [0.1, 0.15) is 61.3 Å². The maximum atomic E-state index is 12.4. The Morgan fingerprint density at radius 1 is 1.04 bits per heavy atom. The number of carbonyl (C=O) groups excluding carboxylic acids is 1. The van der Waals surface area contributed by atoms with Gasteiger partial charge in [0.15, 0.2) is 5.76 Å². The molecule has 0 saturated heterocycles. The van der Waals surface area contributed by atoms with Crippen LogP contribution in [0.2, 0.25) is 0 Å². The maximum absolute atomic E-state index is 12.4. The van der Waals surface area contributed by atoms with Crippen LogP contribution in [0.15, 0.2) is 50.2 Å². The van der Waals surface area contributed by atoms with Crippen LogP contribution in [-0.2, 0) is 16.6 Å². The molecule has 0 aliphatic heterocycles. The first kappa shape index (κ1) is 19.4. The van der Waals surface area contributed by atoms with Gasteiger partial charge in [-0.25, -0.2) is 0 Å². The Hall–Kier alpha value is -1.40. The fourth-order valence-electron chi connectivity index (χ4n) is 3.23. The second-order valence-electron chi connectivity index (χ2n) is 6.73. The largest absolute Gasteiger partial charge is 0.455 e. The molecule has 1 N–H and O–H groups in total. The normalized spacial score (nSPS) is 17.3. The van der Waals surface area contributed by atoms with Crippen LogP contribution in [0.5, 0.6) is 0 Å². The molecule has 1 fully saturated rings. The Bertz CT molecular complexity index is 749. The summed E-state index contributed by atoms with van der Waals surface area (Å²) in [6.07, 6.45) is 8.21. The van der Waals surface area contributed by atoms with E-state index in [0.29, 0.717) is 11.5 Å². The molecule has 26 heavy (non-hydrogen) atoms. The van der Waals surface area contributed by atoms with Gasteiger partial charge < -0.3 is 9.73 Å². The second-order valence-corrected chi connectivity index (χ2v) is 9.09. The van der Waals surface area contributed by atoms with Crippen molar-refractivity contribution >= 4 is 32.6 Å². The van der Waals surface area contributed by atoms with Crippen LogP contribution in [0, 0.1) is 0 Å². The Morgan fingerprint density at radius 2 is 1.69 bits per heavy atom. The van der Waals surface area contributed by atoms with Crippen LogP contribution in [-0.4, -0.2) is 16.2 Å². The number of hydrogen-bond donors (Lipinski definition) is 1. The van der Waals surface area contributed by atoms with Crippen LogP contribution in [0.4, 0.5) is 0 Å². The Kier molecular flexibility index (Phi) is 7.08. The quantitative estimate of drug-likeness (QED) is 0.699. The van der Waals surface area contributed by atoms with E-state index in [1.54, 1.807) is 12.1 Å². The molecule has 1 saturated carbocycles. The van der Waals surface area contributed by atoms with Crippen molar-refractivity contribution in [2.24, 2.45) is 0 Å². The van der Waals surface area contributed by atoms with Gasteiger partial charge in [0.25, 0.3) is 5.91 Å². The lowest BCUT2D eigenvalue weighted by Crippen LogP contribution is -2.35. The molecule has 2 aromatic rings. The molecule has 140 valence electrons. The third kappa shape index (κ3) is 5.55. The summed E-state index contributed by atoms with van der Waals surface area (Å²) < 4.78 is 19.0. The van der Waals surface area contributed by atoms with E-state index in [9.17, 15) is 9.00 Å². The van der Waals surface area contributed by atoms with Crippen molar-refractivity contribution in [2.45, 2.75) is 61.6 Å². The Labute approximate surface area is 165 Å². The summed E-state index contributed by atoms with van der Waals surface area (Å²) in [7, 11) is -1.20. The summed E-state index contributed by atoms with van der Waals surface area (Å²) in [5.74, 6) is 0.957. The van der Waals surface area contributed by atoms with E-state index in [1.807, 2.05) is 24.3 Å². The zero-order chi connectivity index (χ0) is 18.4. The summed E-state index contributed by atoms with van der Waals surface area (Å²) in [6.45, 7) is 0. The lowest BCUT2D eigenvalue weighted by molar-refractivity contribution is 0.0901. The molecular weight excluding hydrogens is 414 g/mol. The monoisotopic (exact) mass is 437 g/mol. The first-order valence-corrected chi connectivity index (χ1v) is 11.3. The van der Waals surface area contributed by atoms with E-state index in [2.05, 4.69) is 21.2 Å². The molecule has 1 aromatic heterocycles. The smallest absolute Gasteiger partial charge is 0.287 e. The molecular formula is C20H24BrNO3S. The fourth-order valence-corrected chi connectivity index (χ4v) is 4.52. The third-order valence-electron chi connectivity index (χ3n) is 4.68. The average Bonchev–Trinajstić information content (AvgIpc) is 3.06. The average molecular weight is 438 g/mol. The van der Waals surface area contributed by atoms with Gasteiger partial charge in [0.1, 0.15) is 5.76 Å². The summed E-state index contributed by atoms with van der Waals surface area (Å²) >= 11 is 3.37. The first-order valence-electron chi connectivity index (χ1n) is 9.15. The van der Waals surface area contributed by atoms with Gasteiger partial charge >= 0.3 is 0 Å². The minimum Gasteiger partial charge on any atom is -0.455 e. The number of halogens is 1. The van der Waals surface area contributed by atoms with Gasteiger partial charge in [0.05, 0.1) is 16.6 Å². The standard InChI is InChI=1S/C20H24BrNO3S/c21-15-8-11-18(12-9-15)26(24)14-17-10-13-19(25-17)20(23)22-16-6-4-2-1-3-5-7-16/h8-13,16H,1-7,14H2,(H,22,23). The Balaban J connectivity index is 1.57. The molecule has 1 aromatic carbocycles. The minimum atomic E-state index is -1.20. The van der Waals surface area contributed by atoms with E-state index in [-0.39, 0.29) is 17.7 Å². The van der Waals surface area contributed by atoms with Gasteiger partial charge in [-0.2, -0.15) is 0 Å². The SMILES string of the molecule is O=C(NC1CCCCCCC1)c1ccc(CS(=O)c2ccc(Br)cc2)o1. The first-order chi connectivity index (χ1) is 12.6. The number of benzene rings is 1. The number of amides is 1. The van der Waals surface area contributed by atoms with E-state index in [1.165, 1.54) is 32.1 Å². The van der Waals surface area contributed by atoms with Crippen molar-refractivity contribution in [1.29, 1.82) is 0 Å². The minimum absolute atomic E-state index is 0.170. The summed E-state index contributed by atoms with van der Waals surface area (Å²) in [5.41, 5.74) is 0. The number of rotatable bonds is 5. The zero-order valence-electron chi connectivity index (χ0n) is 14.7. The molecule has 0 bridgehead atoms. The number of furan rings is 1. The van der Waals surface area contributed by atoms with E-state index in [0.717, 1.165) is 22.2 Å². The van der Waals surface area contributed by atoms with Crippen LogP contribution in [0.3, 0.4) is 0 Å². The highest BCUT2D eigenvalue weighted by Crippen LogP contribution is 2.20. The molecule has 0 spiro atoms. The summed E-state index contributed by atoms with van der Waals surface area (Å²) in [6, 6.07) is 11.0. The molecule has 1 atom stereocenters. The van der Waals surface area contributed by atoms with E-state index in [4.69, 9.17) is 4.42 Å². The number of carbonyl (C=O) groups is 1. The van der Waals surface area contributed by atoms with E-state index < -0.39 is 10.8 Å². The van der Waals surface area contributed by atoms with E-state index >= 15 is 0 Å². The molecule has 1 unspecified atom stereocenters. The number of hydrogen-bond acceptors (Lipinski definition) is 3. The topological polar surface area (TPSA) is 59.3 Å². The maximum Gasteiger partial charge on any atom is 0.287 e. The third-order valence-corrected chi connectivity index (χ3v) is 6.55. The van der Waals surface area contributed by atoms with Crippen molar-refractivity contribution in [3.8, 4) is 0 Å².